The fourth-order valence-corrected chi connectivity index (χ4v) is 2.51. The highest BCUT2D eigenvalue weighted by molar-refractivity contribution is 5.67. The third-order valence-corrected chi connectivity index (χ3v) is 3.88. The number of aliphatic hydroxyl groups is 1. The fourth-order valence-electron chi connectivity index (χ4n) is 2.51. The summed E-state index contributed by atoms with van der Waals surface area (Å²) in [5.74, 6) is 0.497. The molecule has 5 nitrogen and oxygen atoms in total. The SMILES string of the molecule is O=C(OCc1ccccc1)N1CCC(COCCCO)CC1. The first-order chi connectivity index (χ1) is 10.8. The summed E-state index contributed by atoms with van der Waals surface area (Å²) in [5.41, 5.74) is 1.00. The minimum Gasteiger partial charge on any atom is -0.445 e. The first-order valence-electron chi connectivity index (χ1n) is 7.94. The number of piperidine rings is 1. The number of benzene rings is 1. The van der Waals surface area contributed by atoms with Crippen LogP contribution >= 0.6 is 0 Å². The molecule has 0 atom stereocenters. The second-order valence-corrected chi connectivity index (χ2v) is 5.62. The van der Waals surface area contributed by atoms with Gasteiger partial charge in [0.25, 0.3) is 0 Å². The van der Waals surface area contributed by atoms with E-state index in [0.717, 1.165) is 31.5 Å². The number of hydrogen-bond acceptors (Lipinski definition) is 4. The number of ether oxygens (including phenoxy) is 2. The number of carbonyl (C=O) groups is 1. The molecule has 0 radical (unpaired) electrons. The molecule has 2 rings (SSSR count). The number of aliphatic hydroxyl groups excluding tert-OH is 1. The molecule has 0 saturated carbocycles. The molecule has 1 saturated heterocycles. The monoisotopic (exact) mass is 307 g/mol. The van der Waals surface area contributed by atoms with Crippen molar-refractivity contribution >= 4 is 6.09 Å². The zero-order valence-corrected chi connectivity index (χ0v) is 12.9. The van der Waals surface area contributed by atoms with Crippen molar-refractivity contribution in [2.45, 2.75) is 25.9 Å². The molecule has 0 aromatic heterocycles. The summed E-state index contributed by atoms with van der Waals surface area (Å²) in [6.45, 7) is 3.27. The minimum atomic E-state index is -0.233. The Labute approximate surface area is 131 Å². The number of likely N-dealkylation sites (tertiary alicyclic amines) is 1. The molecule has 1 N–H and O–H groups in total. The van der Waals surface area contributed by atoms with Crippen LogP contribution in [0.5, 0.6) is 0 Å². The Bertz CT molecular complexity index is 430. The molecule has 5 heteroatoms. The van der Waals surface area contributed by atoms with Crippen LogP contribution in [0.3, 0.4) is 0 Å². The quantitative estimate of drug-likeness (QED) is 0.786. The molecular weight excluding hydrogens is 282 g/mol. The van der Waals surface area contributed by atoms with E-state index in [-0.39, 0.29) is 12.7 Å². The van der Waals surface area contributed by atoms with Gasteiger partial charge in [-0.25, -0.2) is 4.79 Å². The van der Waals surface area contributed by atoms with Gasteiger partial charge >= 0.3 is 6.09 Å². The van der Waals surface area contributed by atoms with E-state index in [1.54, 1.807) is 4.90 Å². The third-order valence-electron chi connectivity index (χ3n) is 3.88. The minimum absolute atomic E-state index is 0.172. The lowest BCUT2D eigenvalue weighted by Gasteiger charge is -2.31. The molecule has 1 aromatic carbocycles. The Balaban J connectivity index is 1.62. The fraction of sp³-hybridized carbons (Fsp3) is 0.588. The van der Waals surface area contributed by atoms with Crippen LogP contribution < -0.4 is 0 Å². The maximum absolute atomic E-state index is 12.0. The number of amides is 1. The topological polar surface area (TPSA) is 59.0 Å². The second kappa shape index (κ2) is 9.43. The van der Waals surface area contributed by atoms with Gasteiger partial charge in [-0.05, 0) is 30.7 Å². The van der Waals surface area contributed by atoms with E-state index < -0.39 is 0 Å². The summed E-state index contributed by atoms with van der Waals surface area (Å²) in [4.78, 5) is 13.8. The predicted molar refractivity (Wildman–Crippen MR) is 83.4 cm³/mol. The molecule has 0 aliphatic carbocycles. The van der Waals surface area contributed by atoms with Crippen molar-refractivity contribution in [1.29, 1.82) is 0 Å². The van der Waals surface area contributed by atoms with Gasteiger partial charge in [0.1, 0.15) is 6.61 Å². The standard InChI is InChI=1S/C17H25NO4/c19-11-4-12-21-13-16-7-9-18(10-8-16)17(20)22-14-15-5-2-1-3-6-15/h1-3,5-6,16,19H,4,7-14H2. The summed E-state index contributed by atoms with van der Waals surface area (Å²) in [5, 5.41) is 8.69. The third kappa shape index (κ3) is 5.66. The number of hydrogen-bond donors (Lipinski definition) is 1. The molecule has 1 aromatic rings. The van der Waals surface area contributed by atoms with Crippen molar-refractivity contribution in [3.8, 4) is 0 Å². The van der Waals surface area contributed by atoms with Gasteiger partial charge < -0.3 is 19.5 Å². The van der Waals surface area contributed by atoms with E-state index in [2.05, 4.69) is 0 Å². The highest BCUT2D eigenvalue weighted by Gasteiger charge is 2.23. The summed E-state index contributed by atoms with van der Waals surface area (Å²) >= 11 is 0. The van der Waals surface area contributed by atoms with Crippen LogP contribution in [0.2, 0.25) is 0 Å². The lowest BCUT2D eigenvalue weighted by Crippen LogP contribution is -2.39. The van der Waals surface area contributed by atoms with E-state index in [9.17, 15) is 4.79 Å². The van der Waals surface area contributed by atoms with Crippen molar-refractivity contribution in [3.63, 3.8) is 0 Å². The number of nitrogens with zero attached hydrogens (tertiary/aromatic N) is 1. The van der Waals surface area contributed by atoms with E-state index in [0.29, 0.717) is 32.2 Å². The molecule has 0 spiro atoms. The van der Waals surface area contributed by atoms with Crippen molar-refractivity contribution in [2.75, 3.05) is 32.9 Å². The van der Waals surface area contributed by atoms with Crippen LogP contribution in [0.25, 0.3) is 0 Å². The number of carbonyl (C=O) groups excluding carboxylic acids is 1. The van der Waals surface area contributed by atoms with Crippen LogP contribution in [0.4, 0.5) is 4.79 Å². The lowest BCUT2D eigenvalue weighted by molar-refractivity contribution is 0.0485. The summed E-state index contributed by atoms with van der Waals surface area (Å²) in [7, 11) is 0. The van der Waals surface area contributed by atoms with Crippen LogP contribution in [0.15, 0.2) is 30.3 Å². The van der Waals surface area contributed by atoms with Gasteiger partial charge in [0.15, 0.2) is 0 Å². The Hall–Kier alpha value is -1.59. The normalized spacial score (nSPS) is 15.8. The van der Waals surface area contributed by atoms with E-state index in [1.165, 1.54) is 0 Å². The first-order valence-corrected chi connectivity index (χ1v) is 7.94. The largest absolute Gasteiger partial charge is 0.445 e. The Morgan fingerprint density at radius 1 is 1.23 bits per heavy atom. The summed E-state index contributed by atoms with van der Waals surface area (Å²) in [6.07, 6.45) is 2.34. The smallest absolute Gasteiger partial charge is 0.410 e. The molecule has 1 aliphatic rings. The maximum atomic E-state index is 12.0. The lowest BCUT2D eigenvalue weighted by atomic mass is 9.98. The van der Waals surface area contributed by atoms with Crippen molar-refractivity contribution in [3.05, 3.63) is 35.9 Å². The molecule has 1 heterocycles. The van der Waals surface area contributed by atoms with Crippen LogP contribution in [0, 0.1) is 5.92 Å². The Kier molecular flexibility index (Phi) is 7.19. The van der Waals surface area contributed by atoms with E-state index in [4.69, 9.17) is 14.6 Å². The average Bonchev–Trinajstić information content (AvgIpc) is 2.58. The molecule has 0 bridgehead atoms. The molecule has 122 valence electrons. The van der Waals surface area contributed by atoms with Crippen molar-refractivity contribution < 1.29 is 19.4 Å². The molecule has 1 aliphatic heterocycles. The first kappa shape index (κ1) is 16.8. The zero-order valence-electron chi connectivity index (χ0n) is 12.9. The van der Waals surface area contributed by atoms with Crippen molar-refractivity contribution in [1.82, 2.24) is 4.90 Å². The second-order valence-electron chi connectivity index (χ2n) is 5.62. The van der Waals surface area contributed by atoms with Gasteiger partial charge in [-0.1, -0.05) is 30.3 Å². The molecular formula is C17H25NO4. The zero-order chi connectivity index (χ0) is 15.6. The van der Waals surface area contributed by atoms with Gasteiger partial charge in [-0.15, -0.1) is 0 Å². The van der Waals surface area contributed by atoms with Gasteiger partial charge in [-0.3, -0.25) is 0 Å². The predicted octanol–water partition coefficient (Wildman–Crippen LogP) is 2.43. The van der Waals surface area contributed by atoms with Crippen LogP contribution in [-0.4, -0.2) is 49.0 Å². The van der Waals surface area contributed by atoms with Gasteiger partial charge in [0.05, 0.1) is 0 Å². The van der Waals surface area contributed by atoms with Gasteiger partial charge in [-0.2, -0.15) is 0 Å². The Morgan fingerprint density at radius 2 is 1.95 bits per heavy atom. The molecule has 1 amide bonds. The number of rotatable bonds is 7. The molecule has 0 unspecified atom stereocenters. The highest BCUT2D eigenvalue weighted by atomic mass is 16.6. The van der Waals surface area contributed by atoms with Crippen molar-refractivity contribution in [2.24, 2.45) is 5.92 Å². The van der Waals surface area contributed by atoms with Crippen LogP contribution in [0.1, 0.15) is 24.8 Å². The van der Waals surface area contributed by atoms with Crippen LogP contribution in [-0.2, 0) is 16.1 Å². The van der Waals surface area contributed by atoms with Gasteiger partial charge in [0, 0.05) is 32.9 Å². The average molecular weight is 307 g/mol. The Morgan fingerprint density at radius 3 is 2.64 bits per heavy atom. The van der Waals surface area contributed by atoms with Gasteiger partial charge in [0.2, 0.25) is 0 Å². The van der Waals surface area contributed by atoms with E-state index >= 15 is 0 Å². The summed E-state index contributed by atoms with van der Waals surface area (Å²) < 4.78 is 10.9. The molecule has 22 heavy (non-hydrogen) atoms. The molecule has 1 fully saturated rings. The maximum Gasteiger partial charge on any atom is 0.410 e. The van der Waals surface area contributed by atoms with E-state index in [1.807, 2.05) is 30.3 Å². The summed E-state index contributed by atoms with van der Waals surface area (Å²) in [6, 6.07) is 9.71. The highest BCUT2D eigenvalue weighted by Crippen LogP contribution is 2.18.